The maximum absolute atomic E-state index is 5.20. The van der Waals surface area contributed by atoms with Crippen LogP contribution < -0.4 is 5.32 Å². The molecule has 0 aliphatic carbocycles. The number of rotatable bonds is 7. The van der Waals surface area contributed by atoms with Crippen molar-refractivity contribution in [3.63, 3.8) is 0 Å². The molecule has 17 heavy (non-hydrogen) atoms. The van der Waals surface area contributed by atoms with Gasteiger partial charge in [0, 0.05) is 18.9 Å². The van der Waals surface area contributed by atoms with Gasteiger partial charge in [0.05, 0.1) is 12.6 Å². The fourth-order valence-corrected chi connectivity index (χ4v) is 1.72. The van der Waals surface area contributed by atoms with Gasteiger partial charge >= 0.3 is 0 Å². The van der Waals surface area contributed by atoms with E-state index in [1.807, 2.05) is 6.07 Å². The van der Waals surface area contributed by atoms with Crippen molar-refractivity contribution in [3.05, 3.63) is 18.1 Å². The molecule has 1 heterocycles. The number of methoxy groups -OCH3 is 1. The van der Waals surface area contributed by atoms with Crippen LogP contribution in [0.15, 0.2) is 12.4 Å². The van der Waals surface area contributed by atoms with E-state index in [9.17, 15) is 0 Å². The standard InChI is InChI=1S/C13H23N3O/c1-5-6-11(8-17-4)16-13-7-12(10(2)3)14-9-15-13/h7,9-11H,5-6,8H2,1-4H3,(H,14,15,16). The molecule has 96 valence electrons. The van der Waals surface area contributed by atoms with E-state index in [4.69, 9.17) is 4.74 Å². The van der Waals surface area contributed by atoms with Crippen LogP contribution in [0.4, 0.5) is 5.82 Å². The molecule has 0 spiro atoms. The molecule has 1 atom stereocenters. The van der Waals surface area contributed by atoms with Gasteiger partial charge in [0.15, 0.2) is 0 Å². The van der Waals surface area contributed by atoms with Gasteiger partial charge in [-0.05, 0) is 12.3 Å². The van der Waals surface area contributed by atoms with Gasteiger partial charge in [-0.2, -0.15) is 0 Å². The van der Waals surface area contributed by atoms with Crippen molar-refractivity contribution in [2.24, 2.45) is 0 Å². The second-order valence-electron chi connectivity index (χ2n) is 4.57. The molecule has 1 unspecified atom stereocenters. The molecule has 4 heteroatoms. The number of hydrogen-bond donors (Lipinski definition) is 1. The minimum atomic E-state index is 0.319. The Bertz CT molecular complexity index is 322. The third-order valence-corrected chi connectivity index (χ3v) is 2.64. The molecule has 0 aliphatic heterocycles. The Balaban J connectivity index is 2.67. The van der Waals surface area contributed by atoms with Crippen LogP contribution in [0.25, 0.3) is 0 Å². The quantitative estimate of drug-likeness (QED) is 0.792. The lowest BCUT2D eigenvalue weighted by molar-refractivity contribution is 0.182. The zero-order valence-electron chi connectivity index (χ0n) is 11.2. The van der Waals surface area contributed by atoms with Crippen LogP contribution in [0.3, 0.4) is 0 Å². The smallest absolute Gasteiger partial charge is 0.129 e. The Morgan fingerprint density at radius 3 is 2.71 bits per heavy atom. The average Bonchev–Trinajstić information content (AvgIpc) is 2.30. The molecule has 0 aromatic carbocycles. The van der Waals surface area contributed by atoms with Crippen molar-refractivity contribution in [1.82, 2.24) is 9.97 Å². The Morgan fingerprint density at radius 2 is 2.12 bits per heavy atom. The van der Waals surface area contributed by atoms with Gasteiger partial charge in [0.1, 0.15) is 12.1 Å². The topological polar surface area (TPSA) is 47.0 Å². The first kappa shape index (κ1) is 13.9. The first-order valence-corrected chi connectivity index (χ1v) is 6.24. The largest absolute Gasteiger partial charge is 0.383 e. The van der Waals surface area contributed by atoms with E-state index in [1.165, 1.54) is 0 Å². The van der Waals surface area contributed by atoms with Crippen molar-refractivity contribution in [2.75, 3.05) is 19.0 Å². The summed E-state index contributed by atoms with van der Waals surface area (Å²) in [6.07, 6.45) is 3.82. The lowest BCUT2D eigenvalue weighted by Gasteiger charge is -2.18. The van der Waals surface area contributed by atoms with Crippen LogP contribution in [0, 0.1) is 0 Å². The average molecular weight is 237 g/mol. The molecule has 0 aliphatic rings. The highest BCUT2D eigenvalue weighted by atomic mass is 16.5. The minimum Gasteiger partial charge on any atom is -0.383 e. The van der Waals surface area contributed by atoms with Crippen LogP contribution >= 0.6 is 0 Å². The number of aromatic nitrogens is 2. The van der Waals surface area contributed by atoms with Gasteiger partial charge in [0.2, 0.25) is 0 Å². The molecule has 0 amide bonds. The SMILES string of the molecule is CCCC(COC)Nc1cc(C(C)C)ncn1. The van der Waals surface area contributed by atoms with Crippen molar-refractivity contribution >= 4 is 5.82 Å². The Labute approximate surface area is 104 Å². The van der Waals surface area contributed by atoms with Crippen molar-refractivity contribution in [3.8, 4) is 0 Å². The van der Waals surface area contributed by atoms with E-state index in [1.54, 1.807) is 13.4 Å². The Morgan fingerprint density at radius 1 is 1.35 bits per heavy atom. The van der Waals surface area contributed by atoms with Gasteiger partial charge in [-0.3, -0.25) is 0 Å². The number of nitrogens with zero attached hydrogens (tertiary/aromatic N) is 2. The lowest BCUT2D eigenvalue weighted by Crippen LogP contribution is -2.25. The normalized spacial score (nSPS) is 12.8. The van der Waals surface area contributed by atoms with Gasteiger partial charge in [-0.1, -0.05) is 27.2 Å². The maximum atomic E-state index is 5.20. The Hall–Kier alpha value is -1.16. The molecule has 1 aromatic heterocycles. The fraction of sp³-hybridized carbons (Fsp3) is 0.692. The van der Waals surface area contributed by atoms with Crippen LogP contribution in [-0.2, 0) is 4.74 Å². The predicted octanol–water partition coefficient (Wildman–Crippen LogP) is 2.83. The summed E-state index contributed by atoms with van der Waals surface area (Å²) in [5, 5.41) is 3.40. The molecule has 1 aromatic rings. The van der Waals surface area contributed by atoms with Gasteiger partial charge in [0.25, 0.3) is 0 Å². The van der Waals surface area contributed by atoms with Crippen molar-refractivity contribution in [2.45, 2.75) is 45.6 Å². The molecule has 0 saturated carbocycles. The molecule has 0 bridgehead atoms. The summed E-state index contributed by atoms with van der Waals surface area (Å²) < 4.78 is 5.20. The highest BCUT2D eigenvalue weighted by molar-refractivity contribution is 5.36. The zero-order chi connectivity index (χ0) is 12.7. The second-order valence-corrected chi connectivity index (χ2v) is 4.57. The molecular weight excluding hydrogens is 214 g/mol. The van der Waals surface area contributed by atoms with E-state index in [-0.39, 0.29) is 0 Å². The first-order valence-electron chi connectivity index (χ1n) is 6.24. The third-order valence-electron chi connectivity index (χ3n) is 2.64. The molecule has 0 radical (unpaired) electrons. The summed E-state index contributed by atoms with van der Waals surface area (Å²) >= 11 is 0. The zero-order valence-corrected chi connectivity index (χ0v) is 11.2. The second kappa shape index (κ2) is 7.22. The van der Waals surface area contributed by atoms with Crippen molar-refractivity contribution in [1.29, 1.82) is 0 Å². The summed E-state index contributed by atoms with van der Waals surface area (Å²) in [7, 11) is 1.73. The van der Waals surface area contributed by atoms with Gasteiger partial charge in [-0.15, -0.1) is 0 Å². The van der Waals surface area contributed by atoms with Crippen LogP contribution in [0.5, 0.6) is 0 Å². The summed E-state index contributed by atoms with van der Waals surface area (Å²) in [6, 6.07) is 2.34. The van der Waals surface area contributed by atoms with Crippen molar-refractivity contribution < 1.29 is 4.74 Å². The summed E-state index contributed by atoms with van der Waals surface area (Å²) in [5.74, 6) is 1.31. The minimum absolute atomic E-state index is 0.319. The number of ether oxygens (including phenoxy) is 1. The fourth-order valence-electron chi connectivity index (χ4n) is 1.72. The molecule has 1 N–H and O–H groups in total. The van der Waals surface area contributed by atoms with E-state index in [2.05, 4.69) is 36.1 Å². The lowest BCUT2D eigenvalue weighted by atomic mass is 10.1. The maximum Gasteiger partial charge on any atom is 0.129 e. The molecule has 0 saturated heterocycles. The Kier molecular flexibility index (Phi) is 5.91. The van der Waals surface area contributed by atoms with Gasteiger partial charge < -0.3 is 10.1 Å². The van der Waals surface area contributed by atoms with Crippen LogP contribution in [0.2, 0.25) is 0 Å². The first-order chi connectivity index (χ1) is 8.17. The third kappa shape index (κ3) is 4.69. The highest BCUT2D eigenvalue weighted by Gasteiger charge is 2.09. The van der Waals surface area contributed by atoms with E-state index < -0.39 is 0 Å². The molecule has 4 nitrogen and oxygen atoms in total. The molecular formula is C13H23N3O. The number of anilines is 1. The van der Waals surface area contributed by atoms with Gasteiger partial charge in [-0.25, -0.2) is 9.97 Å². The molecule has 0 fully saturated rings. The highest BCUT2D eigenvalue weighted by Crippen LogP contribution is 2.15. The number of hydrogen-bond acceptors (Lipinski definition) is 4. The van der Waals surface area contributed by atoms with E-state index in [0.29, 0.717) is 18.6 Å². The summed E-state index contributed by atoms with van der Waals surface area (Å²) in [6.45, 7) is 7.13. The van der Waals surface area contributed by atoms with Crippen LogP contribution in [0.1, 0.15) is 45.2 Å². The van der Waals surface area contributed by atoms with E-state index in [0.717, 1.165) is 24.4 Å². The molecule has 1 rings (SSSR count). The van der Waals surface area contributed by atoms with E-state index >= 15 is 0 Å². The number of nitrogens with one attached hydrogen (secondary N) is 1. The monoisotopic (exact) mass is 237 g/mol. The predicted molar refractivity (Wildman–Crippen MR) is 70.3 cm³/mol. The van der Waals surface area contributed by atoms with Crippen LogP contribution in [-0.4, -0.2) is 29.7 Å². The summed E-state index contributed by atoms with van der Waals surface area (Å²) in [5.41, 5.74) is 1.06. The summed E-state index contributed by atoms with van der Waals surface area (Å²) in [4.78, 5) is 8.50.